The lowest BCUT2D eigenvalue weighted by atomic mass is 10.2. The van der Waals surface area contributed by atoms with Crippen molar-refractivity contribution >= 4 is 23.2 Å². The second-order valence-electron chi connectivity index (χ2n) is 2.79. The summed E-state index contributed by atoms with van der Waals surface area (Å²) in [4.78, 5) is 11.4. The Kier molecular flexibility index (Phi) is 4.13. The van der Waals surface area contributed by atoms with Crippen LogP contribution in [0.5, 0.6) is 0 Å². The number of nitrogens with one attached hydrogen (secondary N) is 1. The molecule has 4 heteroatoms. The Labute approximate surface area is 87.8 Å². The van der Waals surface area contributed by atoms with Crippen LogP contribution in [-0.2, 0) is 0 Å². The van der Waals surface area contributed by atoms with Crippen molar-refractivity contribution in [3.05, 3.63) is 35.9 Å². The number of hydrogen-bond donors (Lipinski definition) is 1. The lowest BCUT2D eigenvalue weighted by molar-refractivity contribution is 0.0955. The summed E-state index contributed by atoms with van der Waals surface area (Å²) in [5, 5.41) is 3.80. The van der Waals surface area contributed by atoms with Gasteiger partial charge < -0.3 is 0 Å². The van der Waals surface area contributed by atoms with E-state index < -0.39 is 0 Å². The molecule has 0 aliphatic carbocycles. The van der Waals surface area contributed by atoms with Crippen LogP contribution in [-0.4, -0.2) is 17.5 Å². The van der Waals surface area contributed by atoms with E-state index in [1.807, 2.05) is 6.07 Å². The van der Waals surface area contributed by atoms with Gasteiger partial charge in [0.1, 0.15) is 0 Å². The van der Waals surface area contributed by atoms with Crippen LogP contribution in [0.4, 0.5) is 0 Å². The molecule has 1 amide bonds. The van der Waals surface area contributed by atoms with E-state index in [1.165, 1.54) is 0 Å². The van der Waals surface area contributed by atoms with E-state index in [0.717, 1.165) is 0 Å². The van der Waals surface area contributed by atoms with Crippen molar-refractivity contribution in [3.63, 3.8) is 0 Å². The maximum atomic E-state index is 11.4. The molecule has 0 bridgehead atoms. The Morgan fingerprint density at radius 3 is 2.64 bits per heavy atom. The van der Waals surface area contributed by atoms with Gasteiger partial charge in [-0.1, -0.05) is 18.2 Å². The Balaban J connectivity index is 2.60. The molecule has 1 rings (SSSR count). The molecule has 1 aromatic carbocycles. The first-order chi connectivity index (χ1) is 6.74. The molecular formula is C10H11ClN2O. The van der Waals surface area contributed by atoms with E-state index in [2.05, 4.69) is 10.5 Å². The smallest absolute Gasteiger partial charge is 0.267 e. The number of carbonyl (C=O) groups is 1. The number of hydrogen-bond acceptors (Lipinski definition) is 2. The first kappa shape index (κ1) is 10.7. The fourth-order valence-electron chi connectivity index (χ4n) is 0.830. The monoisotopic (exact) mass is 210 g/mol. The summed E-state index contributed by atoms with van der Waals surface area (Å²) in [7, 11) is 0. The molecule has 74 valence electrons. The summed E-state index contributed by atoms with van der Waals surface area (Å²) in [6.45, 7) is 1.75. The Bertz CT molecular complexity index is 335. The minimum atomic E-state index is -0.227. The summed E-state index contributed by atoms with van der Waals surface area (Å²) in [5.74, 6) is 0.0878. The summed E-state index contributed by atoms with van der Waals surface area (Å²) in [6.07, 6.45) is 0. The number of alkyl halides is 1. The van der Waals surface area contributed by atoms with Crippen molar-refractivity contribution in [2.75, 3.05) is 5.88 Å². The van der Waals surface area contributed by atoms with Crippen LogP contribution in [0, 0.1) is 0 Å². The molecule has 0 saturated carbocycles. The third-order valence-corrected chi connectivity index (χ3v) is 1.96. The summed E-state index contributed by atoms with van der Waals surface area (Å²) >= 11 is 5.50. The molecule has 0 fully saturated rings. The molecule has 0 saturated heterocycles. The van der Waals surface area contributed by atoms with Crippen LogP contribution in [0.2, 0.25) is 0 Å². The SMILES string of the molecule is CC(CCl)=NNC(=O)c1ccccc1. The number of hydrazone groups is 1. The van der Waals surface area contributed by atoms with Crippen LogP contribution in [0.3, 0.4) is 0 Å². The number of benzene rings is 1. The Morgan fingerprint density at radius 2 is 2.07 bits per heavy atom. The van der Waals surface area contributed by atoms with Crippen LogP contribution < -0.4 is 5.43 Å². The van der Waals surface area contributed by atoms with Gasteiger partial charge in [0, 0.05) is 11.3 Å². The second kappa shape index (κ2) is 5.40. The van der Waals surface area contributed by atoms with Gasteiger partial charge in [0.05, 0.1) is 5.88 Å². The van der Waals surface area contributed by atoms with Gasteiger partial charge >= 0.3 is 0 Å². The van der Waals surface area contributed by atoms with E-state index in [1.54, 1.807) is 31.2 Å². The van der Waals surface area contributed by atoms with Crippen LogP contribution >= 0.6 is 11.6 Å². The normalized spacial score (nSPS) is 11.1. The maximum absolute atomic E-state index is 11.4. The predicted molar refractivity (Wildman–Crippen MR) is 57.7 cm³/mol. The third-order valence-electron chi connectivity index (χ3n) is 1.58. The maximum Gasteiger partial charge on any atom is 0.271 e. The number of halogens is 1. The third kappa shape index (κ3) is 3.18. The average Bonchev–Trinajstić information content (AvgIpc) is 2.26. The van der Waals surface area contributed by atoms with Gasteiger partial charge in [-0.15, -0.1) is 11.6 Å². The zero-order valence-corrected chi connectivity index (χ0v) is 8.58. The largest absolute Gasteiger partial charge is 0.271 e. The van der Waals surface area contributed by atoms with Crippen LogP contribution in [0.1, 0.15) is 17.3 Å². The van der Waals surface area contributed by atoms with Gasteiger partial charge in [0.25, 0.3) is 5.91 Å². The van der Waals surface area contributed by atoms with Crippen molar-refractivity contribution in [2.24, 2.45) is 5.10 Å². The standard InChI is InChI=1S/C10H11ClN2O/c1-8(7-11)12-13-10(14)9-5-3-2-4-6-9/h2-6H,7H2,1H3,(H,13,14). The van der Waals surface area contributed by atoms with Crippen LogP contribution in [0.15, 0.2) is 35.4 Å². The predicted octanol–water partition coefficient (Wildman–Crippen LogP) is 2.03. The zero-order chi connectivity index (χ0) is 10.4. The minimum absolute atomic E-state index is 0.227. The van der Waals surface area contributed by atoms with E-state index in [-0.39, 0.29) is 5.91 Å². The van der Waals surface area contributed by atoms with Gasteiger partial charge in [0.2, 0.25) is 0 Å². The van der Waals surface area contributed by atoms with Crippen molar-refractivity contribution < 1.29 is 4.79 Å². The van der Waals surface area contributed by atoms with Gasteiger partial charge in [-0.05, 0) is 19.1 Å². The molecule has 14 heavy (non-hydrogen) atoms. The van der Waals surface area contributed by atoms with Gasteiger partial charge in [-0.3, -0.25) is 4.79 Å². The first-order valence-corrected chi connectivity index (χ1v) is 4.72. The highest BCUT2D eigenvalue weighted by molar-refractivity contribution is 6.28. The summed E-state index contributed by atoms with van der Waals surface area (Å²) < 4.78 is 0. The average molecular weight is 211 g/mol. The van der Waals surface area contributed by atoms with E-state index in [4.69, 9.17) is 11.6 Å². The molecule has 0 unspecified atom stereocenters. The molecule has 1 N–H and O–H groups in total. The molecular weight excluding hydrogens is 200 g/mol. The topological polar surface area (TPSA) is 41.5 Å². The van der Waals surface area contributed by atoms with Crippen LogP contribution in [0.25, 0.3) is 0 Å². The number of rotatable bonds is 3. The molecule has 0 aliphatic rings. The molecule has 3 nitrogen and oxygen atoms in total. The lowest BCUT2D eigenvalue weighted by Gasteiger charge is -1.99. The molecule has 0 aliphatic heterocycles. The van der Waals surface area contributed by atoms with E-state index >= 15 is 0 Å². The number of carbonyl (C=O) groups excluding carboxylic acids is 1. The van der Waals surface area contributed by atoms with E-state index in [9.17, 15) is 4.79 Å². The highest BCUT2D eigenvalue weighted by Gasteiger charge is 2.01. The minimum Gasteiger partial charge on any atom is -0.267 e. The van der Waals surface area contributed by atoms with Crippen molar-refractivity contribution in [3.8, 4) is 0 Å². The summed E-state index contributed by atoms with van der Waals surface area (Å²) in [5.41, 5.74) is 3.67. The molecule has 0 atom stereocenters. The molecule has 0 spiro atoms. The van der Waals surface area contributed by atoms with Crippen molar-refractivity contribution in [1.82, 2.24) is 5.43 Å². The van der Waals surface area contributed by atoms with Crippen molar-refractivity contribution in [2.45, 2.75) is 6.92 Å². The van der Waals surface area contributed by atoms with Gasteiger partial charge in [-0.25, -0.2) is 5.43 Å². The first-order valence-electron chi connectivity index (χ1n) is 4.18. The van der Waals surface area contributed by atoms with Gasteiger partial charge in [-0.2, -0.15) is 5.10 Å². The highest BCUT2D eigenvalue weighted by Crippen LogP contribution is 1.97. The van der Waals surface area contributed by atoms with Crippen molar-refractivity contribution in [1.29, 1.82) is 0 Å². The molecule has 1 aromatic rings. The second-order valence-corrected chi connectivity index (χ2v) is 3.05. The molecule has 0 radical (unpaired) electrons. The lowest BCUT2D eigenvalue weighted by Crippen LogP contribution is -2.19. The number of amides is 1. The molecule has 0 heterocycles. The fraction of sp³-hybridized carbons (Fsp3) is 0.200. The Morgan fingerprint density at radius 1 is 1.43 bits per heavy atom. The summed E-state index contributed by atoms with van der Waals surface area (Å²) in [6, 6.07) is 8.89. The Hall–Kier alpha value is -1.35. The van der Waals surface area contributed by atoms with Gasteiger partial charge in [0.15, 0.2) is 0 Å². The van der Waals surface area contributed by atoms with E-state index in [0.29, 0.717) is 17.2 Å². The number of nitrogens with zero attached hydrogens (tertiary/aromatic N) is 1. The highest BCUT2D eigenvalue weighted by atomic mass is 35.5. The molecule has 0 aromatic heterocycles. The quantitative estimate of drug-likeness (QED) is 0.463. The zero-order valence-electron chi connectivity index (χ0n) is 7.83. The fourth-order valence-corrected chi connectivity index (χ4v) is 0.890.